The average Bonchev–Trinajstić information content (AvgIpc) is 2.48. The maximum absolute atomic E-state index is 9.64. The first-order valence-electron chi connectivity index (χ1n) is 7.25. The van der Waals surface area contributed by atoms with E-state index in [-0.39, 0.29) is 6.10 Å². The second-order valence-electron chi connectivity index (χ2n) is 5.53. The van der Waals surface area contributed by atoms with Gasteiger partial charge in [0, 0.05) is 18.2 Å². The van der Waals surface area contributed by atoms with Crippen LogP contribution in [-0.4, -0.2) is 43.4 Å². The predicted octanol–water partition coefficient (Wildman–Crippen LogP) is 2.30. The van der Waals surface area contributed by atoms with Gasteiger partial charge in [-0.25, -0.2) is 0 Å². The van der Waals surface area contributed by atoms with Crippen LogP contribution in [0.4, 0.5) is 0 Å². The Labute approximate surface area is 121 Å². The molecular formula is C16H25NO3. The number of piperidine rings is 1. The molecule has 0 bridgehead atoms. The topological polar surface area (TPSA) is 41.9 Å². The summed E-state index contributed by atoms with van der Waals surface area (Å²) in [4.78, 5) is 2.42. The first-order chi connectivity index (χ1) is 9.63. The number of ether oxygens (including phenoxy) is 2. The Morgan fingerprint density at radius 2 is 1.95 bits per heavy atom. The van der Waals surface area contributed by atoms with Crippen LogP contribution < -0.4 is 9.47 Å². The molecule has 0 aliphatic carbocycles. The van der Waals surface area contributed by atoms with E-state index in [1.165, 1.54) is 5.56 Å². The van der Waals surface area contributed by atoms with Gasteiger partial charge < -0.3 is 14.6 Å². The van der Waals surface area contributed by atoms with E-state index in [2.05, 4.69) is 11.0 Å². The van der Waals surface area contributed by atoms with Gasteiger partial charge >= 0.3 is 0 Å². The Kier molecular flexibility index (Phi) is 5.26. The highest BCUT2D eigenvalue weighted by Gasteiger charge is 2.23. The van der Waals surface area contributed by atoms with Crippen LogP contribution in [0, 0.1) is 5.92 Å². The van der Waals surface area contributed by atoms with Crippen molar-refractivity contribution in [3.05, 3.63) is 23.8 Å². The van der Waals surface area contributed by atoms with E-state index in [0.717, 1.165) is 44.0 Å². The minimum atomic E-state index is -0.187. The smallest absolute Gasteiger partial charge is 0.127 e. The lowest BCUT2D eigenvalue weighted by molar-refractivity contribution is 0.0693. The number of hydrogen-bond donors (Lipinski definition) is 1. The first-order valence-corrected chi connectivity index (χ1v) is 7.25. The van der Waals surface area contributed by atoms with Crippen LogP contribution in [0.15, 0.2) is 18.2 Å². The van der Waals surface area contributed by atoms with Crippen molar-refractivity contribution in [2.75, 3.05) is 27.3 Å². The van der Waals surface area contributed by atoms with Gasteiger partial charge in [0.15, 0.2) is 0 Å². The van der Waals surface area contributed by atoms with Gasteiger partial charge in [-0.15, -0.1) is 0 Å². The molecule has 1 unspecified atom stereocenters. The molecule has 1 aromatic carbocycles. The molecule has 20 heavy (non-hydrogen) atoms. The molecule has 2 rings (SSSR count). The molecule has 1 atom stereocenters. The van der Waals surface area contributed by atoms with E-state index in [0.29, 0.717) is 5.92 Å². The number of aliphatic hydroxyl groups is 1. The van der Waals surface area contributed by atoms with Gasteiger partial charge in [0.05, 0.1) is 20.3 Å². The van der Waals surface area contributed by atoms with Gasteiger partial charge in [-0.05, 0) is 44.8 Å². The zero-order chi connectivity index (χ0) is 14.5. The summed E-state index contributed by atoms with van der Waals surface area (Å²) in [5, 5.41) is 9.64. The summed E-state index contributed by atoms with van der Waals surface area (Å²) in [6.07, 6.45) is 1.94. The molecule has 1 saturated heterocycles. The Bertz CT molecular complexity index is 426. The van der Waals surface area contributed by atoms with E-state index in [1.54, 1.807) is 14.2 Å². The lowest BCUT2D eigenvalue weighted by atomic mass is 9.92. The summed E-state index contributed by atoms with van der Waals surface area (Å²) in [5.74, 6) is 2.14. The van der Waals surface area contributed by atoms with Crippen molar-refractivity contribution in [3.63, 3.8) is 0 Å². The second-order valence-corrected chi connectivity index (χ2v) is 5.53. The number of likely N-dealkylation sites (tertiary alicyclic amines) is 1. The number of methoxy groups -OCH3 is 2. The SMILES string of the molecule is COc1ccc(CN2CCC(C(C)O)CC2)c(OC)c1. The highest BCUT2D eigenvalue weighted by atomic mass is 16.5. The van der Waals surface area contributed by atoms with Gasteiger partial charge in [0.1, 0.15) is 11.5 Å². The Morgan fingerprint density at radius 3 is 2.50 bits per heavy atom. The molecule has 1 aliphatic heterocycles. The summed E-state index contributed by atoms with van der Waals surface area (Å²) in [6, 6.07) is 5.97. The Hall–Kier alpha value is -1.26. The van der Waals surface area contributed by atoms with E-state index < -0.39 is 0 Å². The van der Waals surface area contributed by atoms with Crippen molar-refractivity contribution < 1.29 is 14.6 Å². The highest BCUT2D eigenvalue weighted by Crippen LogP contribution is 2.28. The van der Waals surface area contributed by atoms with Crippen LogP contribution in [0.5, 0.6) is 11.5 Å². The van der Waals surface area contributed by atoms with Crippen molar-refractivity contribution in [3.8, 4) is 11.5 Å². The van der Waals surface area contributed by atoms with Crippen molar-refractivity contribution in [2.24, 2.45) is 5.92 Å². The fourth-order valence-corrected chi connectivity index (χ4v) is 2.82. The lowest BCUT2D eigenvalue weighted by Crippen LogP contribution is -2.36. The van der Waals surface area contributed by atoms with Crippen LogP contribution >= 0.6 is 0 Å². The minimum absolute atomic E-state index is 0.187. The summed E-state index contributed by atoms with van der Waals surface area (Å²) in [7, 11) is 3.35. The molecule has 1 N–H and O–H groups in total. The van der Waals surface area contributed by atoms with Gasteiger partial charge in [0.25, 0.3) is 0 Å². The third kappa shape index (κ3) is 3.64. The lowest BCUT2D eigenvalue weighted by Gasteiger charge is -2.33. The zero-order valence-corrected chi connectivity index (χ0v) is 12.6. The van der Waals surface area contributed by atoms with Crippen molar-refractivity contribution in [1.29, 1.82) is 0 Å². The molecule has 0 aromatic heterocycles. The number of nitrogens with zero attached hydrogens (tertiary/aromatic N) is 1. The third-order valence-electron chi connectivity index (χ3n) is 4.20. The third-order valence-corrected chi connectivity index (χ3v) is 4.20. The molecule has 4 nitrogen and oxygen atoms in total. The van der Waals surface area contributed by atoms with E-state index >= 15 is 0 Å². The standard InChI is InChI=1S/C16H25NO3/c1-12(18)13-6-8-17(9-7-13)11-14-4-5-15(19-2)10-16(14)20-3/h4-5,10,12-13,18H,6-9,11H2,1-3H3. The monoisotopic (exact) mass is 279 g/mol. The molecule has 0 radical (unpaired) electrons. The van der Waals surface area contributed by atoms with E-state index in [9.17, 15) is 5.11 Å². The quantitative estimate of drug-likeness (QED) is 0.898. The molecule has 0 amide bonds. The van der Waals surface area contributed by atoms with Crippen LogP contribution in [0.25, 0.3) is 0 Å². The van der Waals surface area contributed by atoms with Crippen LogP contribution in [0.1, 0.15) is 25.3 Å². The first kappa shape index (κ1) is 15.1. The molecule has 0 spiro atoms. The second kappa shape index (κ2) is 6.95. The maximum Gasteiger partial charge on any atom is 0.127 e. The number of hydrogen-bond acceptors (Lipinski definition) is 4. The van der Waals surface area contributed by atoms with E-state index in [1.807, 2.05) is 19.1 Å². The summed E-state index contributed by atoms with van der Waals surface area (Å²) in [6.45, 7) is 4.85. The van der Waals surface area contributed by atoms with Gasteiger partial charge in [-0.1, -0.05) is 6.07 Å². The largest absolute Gasteiger partial charge is 0.497 e. The Balaban J connectivity index is 1.97. The molecule has 1 heterocycles. The van der Waals surface area contributed by atoms with Gasteiger partial charge in [-0.2, -0.15) is 0 Å². The molecule has 4 heteroatoms. The van der Waals surface area contributed by atoms with Crippen molar-refractivity contribution in [1.82, 2.24) is 4.90 Å². The van der Waals surface area contributed by atoms with Crippen molar-refractivity contribution in [2.45, 2.75) is 32.4 Å². The van der Waals surface area contributed by atoms with Gasteiger partial charge in [-0.3, -0.25) is 4.90 Å². The molecule has 112 valence electrons. The van der Waals surface area contributed by atoms with Gasteiger partial charge in [0.2, 0.25) is 0 Å². The highest BCUT2D eigenvalue weighted by molar-refractivity contribution is 5.40. The maximum atomic E-state index is 9.64. The molecule has 1 aliphatic rings. The Morgan fingerprint density at radius 1 is 1.25 bits per heavy atom. The van der Waals surface area contributed by atoms with Crippen LogP contribution in [-0.2, 0) is 6.54 Å². The summed E-state index contributed by atoms with van der Waals surface area (Å²) >= 11 is 0. The molecule has 0 saturated carbocycles. The number of benzene rings is 1. The normalized spacial score (nSPS) is 18.8. The fourth-order valence-electron chi connectivity index (χ4n) is 2.82. The molecule has 1 fully saturated rings. The molecule has 1 aromatic rings. The predicted molar refractivity (Wildman–Crippen MR) is 79.2 cm³/mol. The average molecular weight is 279 g/mol. The fraction of sp³-hybridized carbons (Fsp3) is 0.625. The van der Waals surface area contributed by atoms with Crippen LogP contribution in [0.3, 0.4) is 0 Å². The zero-order valence-electron chi connectivity index (χ0n) is 12.6. The van der Waals surface area contributed by atoms with Crippen molar-refractivity contribution >= 4 is 0 Å². The van der Waals surface area contributed by atoms with Crippen LogP contribution in [0.2, 0.25) is 0 Å². The summed E-state index contributed by atoms with van der Waals surface area (Å²) < 4.78 is 10.7. The molecular weight excluding hydrogens is 254 g/mol. The summed E-state index contributed by atoms with van der Waals surface area (Å²) in [5.41, 5.74) is 1.18. The van der Waals surface area contributed by atoms with E-state index in [4.69, 9.17) is 9.47 Å². The number of rotatable bonds is 5. The minimum Gasteiger partial charge on any atom is -0.497 e. The number of aliphatic hydroxyl groups excluding tert-OH is 1.